The van der Waals surface area contributed by atoms with Gasteiger partial charge < -0.3 is 9.47 Å². The average molecular weight is 459 g/mol. The molecule has 0 spiro atoms. The summed E-state index contributed by atoms with van der Waals surface area (Å²) < 4.78 is 35.2. The van der Waals surface area contributed by atoms with Crippen LogP contribution in [0.4, 0.5) is 0 Å². The van der Waals surface area contributed by atoms with Crippen LogP contribution in [0.3, 0.4) is 0 Å². The molecule has 3 rings (SSSR count). The Hall–Kier alpha value is -3.36. The van der Waals surface area contributed by atoms with Crippen LogP contribution in [0.15, 0.2) is 76.7 Å². The third kappa shape index (κ3) is 5.84. The Morgan fingerprint density at radius 3 is 2.32 bits per heavy atom. The number of nitrogens with zero attached hydrogens (tertiary/aromatic N) is 1. The molecule has 0 bridgehead atoms. The van der Waals surface area contributed by atoms with Crippen molar-refractivity contribution in [2.75, 3.05) is 7.11 Å². The maximum atomic E-state index is 12.3. The molecule has 3 aromatic rings. The van der Waals surface area contributed by atoms with E-state index in [9.17, 15) is 13.2 Å². The molecule has 0 aliphatic rings. The fourth-order valence-electron chi connectivity index (χ4n) is 2.53. The van der Waals surface area contributed by atoms with E-state index in [-0.39, 0.29) is 16.4 Å². The molecule has 0 aliphatic carbocycles. The number of benzene rings is 3. The Kier molecular flexibility index (Phi) is 6.94. The van der Waals surface area contributed by atoms with E-state index in [1.165, 1.54) is 31.5 Å². The summed E-state index contributed by atoms with van der Waals surface area (Å²) in [6, 6.07) is 17.4. The molecule has 0 aromatic heterocycles. The molecule has 31 heavy (non-hydrogen) atoms. The van der Waals surface area contributed by atoms with Crippen LogP contribution < -0.4 is 14.3 Å². The fraction of sp³-hybridized carbons (Fsp3) is 0.0909. The number of nitrogens with one attached hydrogen (secondary N) is 1. The molecule has 9 heteroatoms. The van der Waals surface area contributed by atoms with Crippen molar-refractivity contribution < 1.29 is 22.7 Å². The van der Waals surface area contributed by atoms with Crippen LogP contribution in [0.1, 0.15) is 21.5 Å². The van der Waals surface area contributed by atoms with Crippen molar-refractivity contribution in [3.63, 3.8) is 0 Å². The van der Waals surface area contributed by atoms with Crippen LogP contribution in [-0.4, -0.2) is 27.7 Å². The molecule has 1 N–H and O–H groups in total. The van der Waals surface area contributed by atoms with Crippen LogP contribution >= 0.6 is 11.6 Å². The standard InChI is InChI=1S/C22H19ClN2O5S/c1-15-3-10-19(11-4-15)31(27,28)25-24-14-16-5-12-20(21(13-16)29-2)30-22(26)17-6-8-18(23)9-7-17/h3-14,25H,1-2H3. The van der Waals surface area contributed by atoms with Gasteiger partial charge in [-0.05, 0) is 67.1 Å². The molecule has 0 unspecified atom stereocenters. The topological polar surface area (TPSA) is 94.1 Å². The zero-order valence-corrected chi connectivity index (χ0v) is 18.3. The number of aryl methyl sites for hydroxylation is 1. The lowest BCUT2D eigenvalue weighted by atomic mass is 10.2. The first-order valence-electron chi connectivity index (χ1n) is 9.06. The number of halogens is 1. The van der Waals surface area contributed by atoms with Crippen molar-refractivity contribution >= 4 is 33.8 Å². The van der Waals surface area contributed by atoms with Crippen LogP contribution in [-0.2, 0) is 10.0 Å². The van der Waals surface area contributed by atoms with Crippen molar-refractivity contribution in [3.05, 3.63) is 88.4 Å². The molecular weight excluding hydrogens is 440 g/mol. The second kappa shape index (κ2) is 9.63. The summed E-state index contributed by atoms with van der Waals surface area (Å²) in [5.41, 5.74) is 1.82. The highest BCUT2D eigenvalue weighted by Gasteiger charge is 2.14. The third-order valence-electron chi connectivity index (χ3n) is 4.19. The predicted octanol–water partition coefficient (Wildman–Crippen LogP) is 4.19. The Labute approximate surface area is 185 Å². The van der Waals surface area contributed by atoms with Crippen molar-refractivity contribution in [2.45, 2.75) is 11.8 Å². The second-order valence-electron chi connectivity index (χ2n) is 6.47. The average Bonchev–Trinajstić information content (AvgIpc) is 2.75. The van der Waals surface area contributed by atoms with Crippen molar-refractivity contribution in [1.29, 1.82) is 0 Å². The number of hydrogen-bond acceptors (Lipinski definition) is 6. The van der Waals surface area contributed by atoms with Gasteiger partial charge >= 0.3 is 5.97 Å². The van der Waals surface area contributed by atoms with Crippen molar-refractivity contribution in [1.82, 2.24) is 4.83 Å². The highest BCUT2D eigenvalue weighted by atomic mass is 35.5. The number of esters is 1. The maximum Gasteiger partial charge on any atom is 0.343 e. The number of rotatable bonds is 7. The minimum Gasteiger partial charge on any atom is -0.493 e. The Bertz CT molecular complexity index is 1210. The first-order valence-corrected chi connectivity index (χ1v) is 10.9. The van der Waals surface area contributed by atoms with Crippen LogP contribution in [0, 0.1) is 6.92 Å². The monoisotopic (exact) mass is 458 g/mol. The normalized spacial score (nSPS) is 11.3. The van der Waals surface area contributed by atoms with E-state index in [0.717, 1.165) is 5.56 Å². The Morgan fingerprint density at radius 2 is 1.68 bits per heavy atom. The van der Waals surface area contributed by atoms with E-state index >= 15 is 0 Å². The second-order valence-corrected chi connectivity index (χ2v) is 8.57. The Morgan fingerprint density at radius 1 is 1.00 bits per heavy atom. The number of hydrogen-bond donors (Lipinski definition) is 1. The van der Waals surface area contributed by atoms with Gasteiger partial charge in [-0.25, -0.2) is 9.63 Å². The van der Waals surface area contributed by atoms with E-state index in [0.29, 0.717) is 16.1 Å². The fourth-order valence-corrected chi connectivity index (χ4v) is 3.45. The third-order valence-corrected chi connectivity index (χ3v) is 5.68. The van der Waals surface area contributed by atoms with E-state index < -0.39 is 16.0 Å². The molecular formula is C22H19ClN2O5S. The predicted molar refractivity (Wildman–Crippen MR) is 118 cm³/mol. The van der Waals surface area contributed by atoms with Gasteiger partial charge in [0.1, 0.15) is 0 Å². The van der Waals surface area contributed by atoms with Crippen molar-refractivity contribution in [3.8, 4) is 11.5 Å². The summed E-state index contributed by atoms with van der Waals surface area (Å²) in [5.74, 6) is -0.0743. The van der Waals surface area contributed by atoms with Gasteiger partial charge in [0.05, 0.1) is 23.8 Å². The van der Waals surface area contributed by atoms with Gasteiger partial charge in [0, 0.05) is 5.02 Å². The molecule has 0 heterocycles. The molecule has 0 fully saturated rings. The summed E-state index contributed by atoms with van der Waals surface area (Å²) in [5, 5.41) is 4.31. The number of carbonyl (C=O) groups excluding carboxylic acids is 1. The van der Waals surface area contributed by atoms with E-state index in [1.54, 1.807) is 48.5 Å². The minimum absolute atomic E-state index is 0.109. The summed E-state index contributed by atoms with van der Waals surface area (Å²) in [6.07, 6.45) is 1.32. The lowest BCUT2D eigenvalue weighted by Gasteiger charge is -2.10. The van der Waals surface area contributed by atoms with Gasteiger partial charge in [0.25, 0.3) is 10.0 Å². The van der Waals surface area contributed by atoms with Gasteiger partial charge in [0.2, 0.25) is 0 Å². The minimum atomic E-state index is -3.78. The largest absolute Gasteiger partial charge is 0.493 e. The quantitative estimate of drug-likeness (QED) is 0.248. The molecule has 3 aromatic carbocycles. The van der Waals surface area contributed by atoms with Crippen molar-refractivity contribution in [2.24, 2.45) is 5.10 Å². The van der Waals surface area contributed by atoms with E-state index in [1.807, 2.05) is 6.92 Å². The van der Waals surface area contributed by atoms with Crippen LogP contribution in [0.25, 0.3) is 0 Å². The SMILES string of the molecule is COc1cc(C=NNS(=O)(=O)c2ccc(C)cc2)ccc1OC(=O)c1ccc(Cl)cc1. The lowest BCUT2D eigenvalue weighted by molar-refractivity contribution is 0.0729. The molecule has 0 amide bonds. The van der Waals surface area contributed by atoms with E-state index in [4.69, 9.17) is 21.1 Å². The van der Waals surface area contributed by atoms with Gasteiger partial charge in [-0.2, -0.15) is 13.5 Å². The summed E-state index contributed by atoms with van der Waals surface area (Å²) >= 11 is 5.83. The maximum absolute atomic E-state index is 12.3. The molecule has 0 saturated heterocycles. The molecule has 160 valence electrons. The van der Waals surface area contributed by atoms with Gasteiger partial charge in [-0.3, -0.25) is 0 Å². The van der Waals surface area contributed by atoms with E-state index in [2.05, 4.69) is 9.93 Å². The van der Waals surface area contributed by atoms with Gasteiger partial charge in [-0.15, -0.1) is 0 Å². The summed E-state index contributed by atoms with van der Waals surface area (Å²) in [7, 11) is -2.35. The van der Waals surface area contributed by atoms with Crippen LogP contribution in [0.2, 0.25) is 5.02 Å². The van der Waals surface area contributed by atoms with Gasteiger partial charge in [0.15, 0.2) is 11.5 Å². The number of hydrazone groups is 1. The molecule has 0 saturated carbocycles. The number of carbonyl (C=O) groups is 1. The van der Waals surface area contributed by atoms with Crippen LogP contribution in [0.5, 0.6) is 11.5 Å². The highest BCUT2D eigenvalue weighted by Crippen LogP contribution is 2.28. The summed E-state index contributed by atoms with van der Waals surface area (Å²) in [6.45, 7) is 1.87. The zero-order valence-electron chi connectivity index (χ0n) is 16.7. The number of ether oxygens (including phenoxy) is 2. The zero-order chi connectivity index (χ0) is 22.4. The molecule has 7 nitrogen and oxygen atoms in total. The number of sulfonamides is 1. The molecule has 0 aliphatic heterocycles. The first kappa shape index (κ1) is 22.3. The smallest absolute Gasteiger partial charge is 0.343 e. The lowest BCUT2D eigenvalue weighted by Crippen LogP contribution is -2.18. The van der Waals surface area contributed by atoms with Gasteiger partial charge in [-0.1, -0.05) is 29.3 Å². The molecule has 0 radical (unpaired) electrons. The first-order chi connectivity index (χ1) is 14.8. The Balaban J connectivity index is 1.71. The number of methoxy groups -OCH3 is 1. The molecule has 0 atom stereocenters. The highest BCUT2D eigenvalue weighted by molar-refractivity contribution is 7.89. The summed E-state index contributed by atoms with van der Waals surface area (Å²) in [4.78, 5) is 14.6.